The number of hydrogen-bond donors (Lipinski definition) is 0. The smallest absolute Gasteiger partial charge is 0.387 e. The number of benzene rings is 2. The molecule has 0 saturated carbocycles. The molecule has 0 aliphatic rings. The zero-order valence-corrected chi connectivity index (χ0v) is 11.4. The molecule has 0 radical (unpaired) electrons. The molecule has 0 atom stereocenters. The Bertz CT molecular complexity index is 835. The molecule has 3 rings (SSSR count). The lowest BCUT2D eigenvalue weighted by Gasteiger charge is -2.07. The Kier molecular flexibility index (Phi) is 3.71. The monoisotopic (exact) mass is 299 g/mol. The largest absolute Gasteiger partial charge is 0.435 e. The van der Waals surface area contributed by atoms with Gasteiger partial charge < -0.3 is 4.74 Å². The van der Waals surface area contributed by atoms with Crippen molar-refractivity contribution in [2.75, 3.05) is 0 Å². The van der Waals surface area contributed by atoms with Crippen LogP contribution in [0.4, 0.5) is 8.78 Å². The highest BCUT2D eigenvalue weighted by atomic mass is 19.3. The molecule has 0 fully saturated rings. The molecule has 1 aromatic heterocycles. The van der Waals surface area contributed by atoms with E-state index in [9.17, 15) is 8.78 Å². The lowest BCUT2D eigenvalue weighted by Crippen LogP contribution is -2.03. The van der Waals surface area contributed by atoms with E-state index in [1.807, 2.05) is 6.07 Å². The Morgan fingerprint density at radius 1 is 1.18 bits per heavy atom. The predicted molar refractivity (Wildman–Crippen MR) is 76.6 cm³/mol. The van der Waals surface area contributed by atoms with E-state index < -0.39 is 6.61 Å². The summed E-state index contributed by atoms with van der Waals surface area (Å²) >= 11 is 0. The van der Waals surface area contributed by atoms with Gasteiger partial charge in [0, 0.05) is 5.39 Å². The molecule has 0 saturated heterocycles. The number of rotatable bonds is 4. The normalized spacial score (nSPS) is 10.8. The summed E-state index contributed by atoms with van der Waals surface area (Å²) in [5.74, 6) is 0.121. The molecule has 0 aliphatic carbocycles. The maximum absolute atomic E-state index is 12.1. The van der Waals surface area contributed by atoms with E-state index in [0.717, 1.165) is 16.5 Å². The van der Waals surface area contributed by atoms with Crippen LogP contribution in [0.2, 0.25) is 0 Å². The molecule has 110 valence electrons. The highest BCUT2D eigenvalue weighted by Gasteiger charge is 2.06. The van der Waals surface area contributed by atoms with Crippen LogP contribution in [0.5, 0.6) is 5.75 Å². The number of nitrogens with zero attached hydrogens (tertiary/aromatic N) is 3. The third-order valence-corrected chi connectivity index (χ3v) is 3.25. The second-order valence-electron chi connectivity index (χ2n) is 4.71. The van der Waals surface area contributed by atoms with Crippen molar-refractivity contribution in [2.45, 2.75) is 13.2 Å². The minimum atomic E-state index is -2.83. The van der Waals surface area contributed by atoms with Gasteiger partial charge in [0.05, 0.1) is 29.9 Å². The quantitative estimate of drug-likeness (QED) is 0.740. The summed E-state index contributed by atoms with van der Waals surface area (Å²) in [6.45, 7) is -2.35. The third-order valence-electron chi connectivity index (χ3n) is 3.25. The molecule has 6 heteroatoms. The van der Waals surface area contributed by atoms with Gasteiger partial charge in [-0.3, -0.25) is 4.68 Å². The van der Waals surface area contributed by atoms with Gasteiger partial charge >= 0.3 is 6.61 Å². The summed E-state index contributed by atoms with van der Waals surface area (Å²) in [7, 11) is 0. The van der Waals surface area contributed by atoms with Crippen molar-refractivity contribution < 1.29 is 13.5 Å². The highest BCUT2D eigenvalue weighted by Crippen LogP contribution is 2.19. The van der Waals surface area contributed by atoms with Gasteiger partial charge in [-0.05, 0) is 35.9 Å². The Morgan fingerprint density at radius 3 is 2.64 bits per heavy atom. The number of halogens is 2. The first kappa shape index (κ1) is 14.0. The molecule has 3 aromatic rings. The van der Waals surface area contributed by atoms with Gasteiger partial charge in [-0.1, -0.05) is 12.1 Å². The van der Waals surface area contributed by atoms with Crippen LogP contribution < -0.4 is 4.74 Å². The summed E-state index contributed by atoms with van der Waals surface area (Å²) in [4.78, 5) is 0. The lowest BCUT2D eigenvalue weighted by atomic mass is 10.2. The number of nitriles is 1. The lowest BCUT2D eigenvalue weighted by molar-refractivity contribution is -0.0498. The van der Waals surface area contributed by atoms with E-state index in [2.05, 4.69) is 15.9 Å². The SMILES string of the molecule is N#Cc1ccc2cnn(Cc3ccc(OC(F)F)cc3)c2c1. The van der Waals surface area contributed by atoms with Crippen molar-refractivity contribution >= 4 is 10.9 Å². The van der Waals surface area contributed by atoms with E-state index in [1.54, 1.807) is 35.1 Å². The summed E-state index contributed by atoms with van der Waals surface area (Å²) in [6.07, 6.45) is 1.73. The van der Waals surface area contributed by atoms with E-state index in [1.165, 1.54) is 12.1 Å². The van der Waals surface area contributed by atoms with Crippen LogP contribution in [-0.2, 0) is 6.54 Å². The standard InChI is InChI=1S/C16H11F2N3O/c17-16(18)22-14-5-2-11(3-6-14)10-21-15-7-12(8-19)1-4-13(15)9-20-21/h1-7,9,16H,10H2. The van der Waals surface area contributed by atoms with Crippen LogP contribution in [0.15, 0.2) is 48.7 Å². The van der Waals surface area contributed by atoms with Crippen molar-refractivity contribution in [3.05, 3.63) is 59.8 Å². The molecule has 0 unspecified atom stereocenters. The first-order valence-corrected chi connectivity index (χ1v) is 6.55. The molecule has 2 aromatic carbocycles. The first-order chi connectivity index (χ1) is 10.7. The minimum Gasteiger partial charge on any atom is -0.435 e. The van der Waals surface area contributed by atoms with Crippen LogP contribution in [0.25, 0.3) is 10.9 Å². The first-order valence-electron chi connectivity index (χ1n) is 6.55. The Labute approximate surface area is 125 Å². The molecule has 1 heterocycles. The highest BCUT2D eigenvalue weighted by molar-refractivity contribution is 5.80. The van der Waals surface area contributed by atoms with Crippen LogP contribution in [0.1, 0.15) is 11.1 Å². The molecule has 4 nitrogen and oxygen atoms in total. The summed E-state index contributed by atoms with van der Waals surface area (Å²) in [5.41, 5.74) is 2.32. The fraction of sp³-hybridized carbons (Fsp3) is 0.125. The molecule has 0 spiro atoms. The van der Waals surface area contributed by atoms with Crippen LogP contribution in [0, 0.1) is 11.3 Å². The van der Waals surface area contributed by atoms with E-state index in [0.29, 0.717) is 12.1 Å². The number of ether oxygens (including phenoxy) is 1. The Morgan fingerprint density at radius 2 is 1.95 bits per heavy atom. The van der Waals surface area contributed by atoms with Gasteiger partial charge in [0.1, 0.15) is 5.75 Å². The summed E-state index contributed by atoms with van der Waals surface area (Å²) < 4.78 is 30.3. The van der Waals surface area contributed by atoms with E-state index in [4.69, 9.17) is 5.26 Å². The van der Waals surface area contributed by atoms with Gasteiger partial charge in [0.2, 0.25) is 0 Å². The zero-order chi connectivity index (χ0) is 15.5. The fourth-order valence-corrected chi connectivity index (χ4v) is 2.22. The number of fused-ring (bicyclic) bond motifs is 1. The molecule has 0 N–H and O–H groups in total. The average molecular weight is 299 g/mol. The third kappa shape index (κ3) is 2.88. The maximum Gasteiger partial charge on any atom is 0.387 e. The van der Waals surface area contributed by atoms with Crippen molar-refractivity contribution in [3.63, 3.8) is 0 Å². The van der Waals surface area contributed by atoms with Crippen molar-refractivity contribution in [1.82, 2.24) is 9.78 Å². The van der Waals surface area contributed by atoms with Gasteiger partial charge in [-0.15, -0.1) is 0 Å². The van der Waals surface area contributed by atoms with Crippen molar-refractivity contribution in [3.8, 4) is 11.8 Å². The minimum absolute atomic E-state index is 0.121. The van der Waals surface area contributed by atoms with Crippen LogP contribution >= 0.6 is 0 Å². The summed E-state index contributed by atoms with van der Waals surface area (Å²) in [6, 6.07) is 13.9. The van der Waals surface area contributed by atoms with Gasteiger partial charge in [-0.2, -0.15) is 19.1 Å². The molecular weight excluding hydrogens is 288 g/mol. The number of hydrogen-bond acceptors (Lipinski definition) is 3. The van der Waals surface area contributed by atoms with Gasteiger partial charge in [-0.25, -0.2) is 0 Å². The van der Waals surface area contributed by atoms with Crippen molar-refractivity contribution in [2.24, 2.45) is 0 Å². The van der Waals surface area contributed by atoms with Gasteiger partial charge in [0.15, 0.2) is 0 Å². The zero-order valence-electron chi connectivity index (χ0n) is 11.4. The second kappa shape index (κ2) is 5.82. The predicted octanol–water partition coefficient (Wildman–Crippen LogP) is 3.56. The van der Waals surface area contributed by atoms with Gasteiger partial charge in [0.25, 0.3) is 0 Å². The van der Waals surface area contributed by atoms with E-state index in [-0.39, 0.29) is 5.75 Å². The molecule has 0 aliphatic heterocycles. The Balaban J connectivity index is 1.85. The molecular formula is C16H11F2N3O. The summed E-state index contributed by atoms with van der Waals surface area (Å²) in [5, 5.41) is 14.2. The Hall–Kier alpha value is -2.94. The fourth-order valence-electron chi connectivity index (χ4n) is 2.22. The van der Waals surface area contributed by atoms with Crippen LogP contribution in [-0.4, -0.2) is 16.4 Å². The molecule has 0 amide bonds. The van der Waals surface area contributed by atoms with Crippen molar-refractivity contribution in [1.29, 1.82) is 5.26 Å². The molecule has 22 heavy (non-hydrogen) atoms. The van der Waals surface area contributed by atoms with E-state index >= 15 is 0 Å². The van der Waals surface area contributed by atoms with Crippen LogP contribution in [0.3, 0.4) is 0 Å². The molecule has 0 bridgehead atoms. The topological polar surface area (TPSA) is 50.8 Å². The number of aromatic nitrogens is 2. The number of alkyl halides is 2. The second-order valence-corrected chi connectivity index (χ2v) is 4.71. The maximum atomic E-state index is 12.1. The average Bonchev–Trinajstić information content (AvgIpc) is 2.91.